The molecule has 0 aliphatic carbocycles. The maximum absolute atomic E-state index is 8.78. The van der Waals surface area contributed by atoms with E-state index in [1.165, 1.54) is 0 Å². The standard InChI is InChI=1S/C6H8N4/c7-3-6-4-8-1-5(6)2-9-10-6/h5,8H,1-2,4H2. The van der Waals surface area contributed by atoms with Gasteiger partial charge in [-0.05, 0) is 0 Å². The van der Waals surface area contributed by atoms with Gasteiger partial charge < -0.3 is 5.32 Å². The van der Waals surface area contributed by atoms with Crippen molar-refractivity contribution in [1.82, 2.24) is 5.32 Å². The molecular weight excluding hydrogens is 128 g/mol. The summed E-state index contributed by atoms with van der Waals surface area (Å²) in [6.07, 6.45) is 0. The van der Waals surface area contributed by atoms with E-state index in [0.717, 1.165) is 13.1 Å². The Hall–Kier alpha value is -0.950. The zero-order valence-electron chi connectivity index (χ0n) is 5.54. The molecule has 1 fully saturated rings. The van der Waals surface area contributed by atoms with Crippen molar-refractivity contribution in [2.45, 2.75) is 5.54 Å². The molecule has 10 heavy (non-hydrogen) atoms. The van der Waals surface area contributed by atoms with Gasteiger partial charge in [0, 0.05) is 19.0 Å². The number of hydrogen-bond acceptors (Lipinski definition) is 4. The smallest absolute Gasteiger partial charge is 0.185 e. The average Bonchev–Trinajstić information content (AvgIpc) is 2.42. The molecule has 0 aromatic heterocycles. The second kappa shape index (κ2) is 1.77. The molecule has 2 heterocycles. The molecule has 1 saturated heterocycles. The highest BCUT2D eigenvalue weighted by molar-refractivity contribution is 5.18. The molecule has 0 radical (unpaired) electrons. The molecule has 2 rings (SSSR count). The molecule has 0 aromatic carbocycles. The Labute approximate surface area is 58.9 Å². The lowest BCUT2D eigenvalue weighted by Crippen LogP contribution is -2.31. The molecule has 2 unspecified atom stereocenters. The zero-order valence-corrected chi connectivity index (χ0v) is 5.54. The van der Waals surface area contributed by atoms with Crippen LogP contribution in [0.4, 0.5) is 0 Å². The van der Waals surface area contributed by atoms with Gasteiger partial charge in [0.2, 0.25) is 0 Å². The fourth-order valence-electron chi connectivity index (χ4n) is 1.50. The van der Waals surface area contributed by atoms with Gasteiger partial charge in [-0.25, -0.2) is 0 Å². The van der Waals surface area contributed by atoms with Crippen LogP contribution in [0, 0.1) is 17.2 Å². The second-order valence-corrected chi connectivity index (χ2v) is 2.79. The Morgan fingerprint density at radius 2 is 2.60 bits per heavy atom. The van der Waals surface area contributed by atoms with Crippen LogP contribution in [0.15, 0.2) is 10.2 Å². The lowest BCUT2D eigenvalue weighted by atomic mass is 9.91. The third-order valence-corrected chi connectivity index (χ3v) is 2.21. The monoisotopic (exact) mass is 136 g/mol. The Morgan fingerprint density at radius 3 is 3.30 bits per heavy atom. The van der Waals surface area contributed by atoms with Crippen molar-refractivity contribution in [2.24, 2.45) is 16.1 Å². The molecule has 2 atom stereocenters. The fraction of sp³-hybridized carbons (Fsp3) is 0.833. The third kappa shape index (κ3) is 0.531. The lowest BCUT2D eigenvalue weighted by molar-refractivity contribution is 0.497. The molecule has 0 aromatic rings. The minimum absolute atomic E-state index is 0.331. The van der Waals surface area contributed by atoms with Crippen LogP contribution in [0.3, 0.4) is 0 Å². The SMILES string of the molecule is N#CC12CNCC1CN=N2. The van der Waals surface area contributed by atoms with Crippen molar-refractivity contribution in [1.29, 1.82) is 5.26 Å². The quantitative estimate of drug-likeness (QED) is 0.507. The van der Waals surface area contributed by atoms with Crippen LogP contribution in [-0.2, 0) is 0 Å². The molecule has 4 heteroatoms. The Morgan fingerprint density at radius 1 is 1.70 bits per heavy atom. The van der Waals surface area contributed by atoms with E-state index < -0.39 is 5.54 Å². The molecule has 0 amide bonds. The van der Waals surface area contributed by atoms with E-state index in [9.17, 15) is 0 Å². The summed E-state index contributed by atoms with van der Waals surface area (Å²) in [6, 6.07) is 2.22. The number of hydrogen-bond donors (Lipinski definition) is 1. The predicted molar refractivity (Wildman–Crippen MR) is 34.4 cm³/mol. The van der Waals surface area contributed by atoms with Gasteiger partial charge in [-0.15, -0.1) is 0 Å². The van der Waals surface area contributed by atoms with E-state index in [-0.39, 0.29) is 0 Å². The molecule has 4 nitrogen and oxygen atoms in total. The Balaban J connectivity index is 2.33. The minimum atomic E-state index is -0.500. The predicted octanol–water partition coefficient (Wildman–Crippen LogP) is -0.0660. The molecule has 2 aliphatic heterocycles. The van der Waals surface area contributed by atoms with E-state index in [0.29, 0.717) is 12.5 Å². The number of rotatable bonds is 0. The molecule has 52 valence electrons. The van der Waals surface area contributed by atoms with Crippen molar-refractivity contribution in [3.8, 4) is 6.07 Å². The maximum Gasteiger partial charge on any atom is 0.185 e. The highest BCUT2D eigenvalue weighted by atomic mass is 15.2. The first-order chi connectivity index (χ1) is 4.87. The van der Waals surface area contributed by atoms with Crippen LogP contribution < -0.4 is 5.32 Å². The van der Waals surface area contributed by atoms with Gasteiger partial charge in [-0.1, -0.05) is 0 Å². The number of fused-ring (bicyclic) bond motifs is 1. The van der Waals surface area contributed by atoms with Crippen LogP contribution >= 0.6 is 0 Å². The van der Waals surface area contributed by atoms with E-state index >= 15 is 0 Å². The normalized spacial score (nSPS) is 43.3. The summed E-state index contributed by atoms with van der Waals surface area (Å²) < 4.78 is 0. The summed E-state index contributed by atoms with van der Waals surface area (Å²) in [6.45, 7) is 2.29. The first kappa shape index (κ1) is 5.81. The van der Waals surface area contributed by atoms with Crippen LogP contribution in [-0.4, -0.2) is 25.2 Å². The fourth-order valence-corrected chi connectivity index (χ4v) is 1.50. The molecule has 2 aliphatic rings. The summed E-state index contributed by atoms with van der Waals surface area (Å²) >= 11 is 0. The summed E-state index contributed by atoms with van der Waals surface area (Å²) in [5, 5.41) is 19.7. The van der Waals surface area contributed by atoms with Crippen LogP contribution in [0.1, 0.15) is 0 Å². The van der Waals surface area contributed by atoms with Crippen molar-refractivity contribution in [2.75, 3.05) is 19.6 Å². The van der Waals surface area contributed by atoms with Gasteiger partial charge in [0.1, 0.15) is 0 Å². The van der Waals surface area contributed by atoms with Gasteiger partial charge >= 0.3 is 0 Å². The molecular formula is C6H8N4. The lowest BCUT2D eigenvalue weighted by Gasteiger charge is -2.11. The van der Waals surface area contributed by atoms with Crippen LogP contribution in [0.25, 0.3) is 0 Å². The van der Waals surface area contributed by atoms with Crippen molar-refractivity contribution in [3.05, 3.63) is 0 Å². The summed E-state index contributed by atoms with van der Waals surface area (Å²) in [7, 11) is 0. The number of nitrogens with zero attached hydrogens (tertiary/aromatic N) is 3. The average molecular weight is 136 g/mol. The zero-order chi connectivity index (χ0) is 7.03. The van der Waals surface area contributed by atoms with E-state index in [1.807, 2.05) is 0 Å². The summed E-state index contributed by atoms with van der Waals surface area (Å²) in [4.78, 5) is 0. The second-order valence-electron chi connectivity index (χ2n) is 2.79. The van der Waals surface area contributed by atoms with Crippen molar-refractivity contribution < 1.29 is 0 Å². The Kier molecular flexibility index (Phi) is 1.03. The number of azo groups is 1. The van der Waals surface area contributed by atoms with Gasteiger partial charge in [-0.2, -0.15) is 15.5 Å². The van der Waals surface area contributed by atoms with E-state index in [1.54, 1.807) is 0 Å². The van der Waals surface area contributed by atoms with Crippen molar-refractivity contribution >= 4 is 0 Å². The highest BCUT2D eigenvalue weighted by Gasteiger charge is 2.46. The van der Waals surface area contributed by atoms with Gasteiger partial charge in [-0.3, -0.25) is 0 Å². The summed E-state index contributed by atoms with van der Waals surface area (Å²) in [5.41, 5.74) is -0.500. The highest BCUT2D eigenvalue weighted by Crippen LogP contribution is 2.31. The van der Waals surface area contributed by atoms with Gasteiger partial charge in [0.15, 0.2) is 5.54 Å². The topological polar surface area (TPSA) is 60.5 Å². The summed E-state index contributed by atoms with van der Waals surface area (Å²) in [5.74, 6) is 0.331. The third-order valence-electron chi connectivity index (χ3n) is 2.21. The largest absolute Gasteiger partial charge is 0.313 e. The maximum atomic E-state index is 8.78. The molecule has 1 N–H and O–H groups in total. The molecule has 0 spiro atoms. The number of nitrogens with one attached hydrogen (secondary N) is 1. The first-order valence-electron chi connectivity index (χ1n) is 3.38. The van der Waals surface area contributed by atoms with E-state index in [2.05, 4.69) is 21.6 Å². The minimum Gasteiger partial charge on any atom is -0.313 e. The number of nitriles is 1. The first-order valence-corrected chi connectivity index (χ1v) is 3.38. The van der Waals surface area contributed by atoms with Crippen LogP contribution in [0.5, 0.6) is 0 Å². The molecule has 0 saturated carbocycles. The van der Waals surface area contributed by atoms with E-state index in [4.69, 9.17) is 5.26 Å². The van der Waals surface area contributed by atoms with Gasteiger partial charge in [0.25, 0.3) is 0 Å². The molecule has 0 bridgehead atoms. The van der Waals surface area contributed by atoms with Crippen molar-refractivity contribution in [3.63, 3.8) is 0 Å². The Bertz CT molecular complexity index is 216. The van der Waals surface area contributed by atoms with Crippen LogP contribution in [0.2, 0.25) is 0 Å². The van der Waals surface area contributed by atoms with Gasteiger partial charge in [0.05, 0.1) is 12.6 Å².